The quantitative estimate of drug-likeness (QED) is 0.714. The molecule has 0 amide bonds. The number of halogens is 2. The molecule has 0 aromatic carbocycles. The van der Waals surface area contributed by atoms with Crippen molar-refractivity contribution in [3.63, 3.8) is 0 Å². The van der Waals surface area contributed by atoms with Crippen LogP contribution in [0.3, 0.4) is 0 Å². The minimum atomic E-state index is 0.204. The van der Waals surface area contributed by atoms with Crippen LogP contribution in [-0.2, 0) is 0 Å². The zero-order valence-corrected chi connectivity index (χ0v) is 8.75. The molecule has 0 bridgehead atoms. The summed E-state index contributed by atoms with van der Waals surface area (Å²) in [4.78, 5) is 4.23. The minimum absolute atomic E-state index is 0.204. The first-order valence-corrected chi connectivity index (χ1v) is 5.11. The molecule has 0 unspecified atom stereocenters. The molecule has 0 fully saturated rings. The Morgan fingerprint density at radius 2 is 2.33 bits per heavy atom. The molecule has 1 aromatic rings. The van der Waals surface area contributed by atoms with Crippen molar-refractivity contribution in [3.05, 3.63) is 16.1 Å². The predicted octanol–water partition coefficient (Wildman–Crippen LogP) is 3.24. The van der Waals surface area contributed by atoms with Crippen LogP contribution in [0, 0.1) is 6.92 Å². The number of rotatable bonds is 1. The summed E-state index contributed by atoms with van der Waals surface area (Å²) in [7, 11) is 0. The highest BCUT2D eigenvalue weighted by molar-refractivity contribution is 9.24. The zero-order valence-electron chi connectivity index (χ0n) is 4.77. The van der Waals surface area contributed by atoms with E-state index in [-0.39, 0.29) is 3.74 Å². The van der Waals surface area contributed by atoms with Crippen molar-refractivity contribution in [3.8, 4) is 0 Å². The van der Waals surface area contributed by atoms with Gasteiger partial charge in [0.15, 0.2) is 0 Å². The summed E-state index contributed by atoms with van der Waals surface area (Å²) in [6.45, 7) is 2.00. The van der Waals surface area contributed by atoms with E-state index in [1.807, 2.05) is 12.3 Å². The van der Waals surface area contributed by atoms with Crippen molar-refractivity contribution in [2.75, 3.05) is 0 Å². The van der Waals surface area contributed by atoms with Gasteiger partial charge in [0.05, 0.1) is 10.7 Å². The van der Waals surface area contributed by atoms with Gasteiger partial charge in [-0.2, -0.15) is 0 Å². The van der Waals surface area contributed by atoms with E-state index in [1.54, 1.807) is 11.3 Å². The van der Waals surface area contributed by atoms with Gasteiger partial charge in [-0.3, -0.25) is 0 Å². The van der Waals surface area contributed by atoms with Crippen molar-refractivity contribution in [1.82, 2.24) is 4.98 Å². The Morgan fingerprint density at radius 1 is 1.67 bits per heavy atom. The van der Waals surface area contributed by atoms with Crippen LogP contribution >= 0.6 is 43.2 Å². The maximum atomic E-state index is 4.23. The maximum Gasteiger partial charge on any atom is 0.112 e. The summed E-state index contributed by atoms with van der Waals surface area (Å²) < 4.78 is 0.204. The van der Waals surface area contributed by atoms with E-state index >= 15 is 0 Å². The molecule has 0 N–H and O–H groups in total. The zero-order chi connectivity index (χ0) is 6.85. The number of alkyl halides is 2. The molecule has 0 saturated heterocycles. The second-order valence-electron chi connectivity index (χ2n) is 1.59. The largest absolute Gasteiger partial charge is 0.244 e. The lowest BCUT2D eigenvalue weighted by molar-refractivity contribution is 1.18. The van der Waals surface area contributed by atoms with Crippen LogP contribution in [0.5, 0.6) is 0 Å². The second-order valence-corrected chi connectivity index (χ2v) is 5.71. The molecule has 9 heavy (non-hydrogen) atoms. The monoisotopic (exact) mass is 269 g/mol. The maximum absolute atomic E-state index is 4.23. The van der Waals surface area contributed by atoms with Gasteiger partial charge in [-0.1, -0.05) is 31.9 Å². The number of hydrogen-bond acceptors (Lipinski definition) is 2. The lowest BCUT2D eigenvalue weighted by Crippen LogP contribution is -1.78. The molecule has 0 aliphatic heterocycles. The van der Waals surface area contributed by atoms with Gasteiger partial charge in [-0.25, -0.2) is 4.98 Å². The third-order valence-electron chi connectivity index (χ3n) is 0.860. The van der Waals surface area contributed by atoms with E-state index in [0.717, 1.165) is 10.7 Å². The predicted molar refractivity (Wildman–Crippen MR) is 47.4 cm³/mol. The third-order valence-corrected chi connectivity index (χ3v) is 2.59. The molecule has 1 aromatic heterocycles. The number of thiazole rings is 1. The molecule has 1 nitrogen and oxygen atoms in total. The molecule has 1 rings (SSSR count). The number of aryl methyl sites for hydroxylation is 1. The summed E-state index contributed by atoms with van der Waals surface area (Å²) in [5, 5.41) is 3.14. The molecule has 0 aliphatic rings. The topological polar surface area (TPSA) is 12.9 Å². The fraction of sp³-hybridized carbons (Fsp3) is 0.400. The molecule has 1 heterocycles. The SMILES string of the molecule is Cc1nc(C(Br)Br)cs1. The van der Waals surface area contributed by atoms with Gasteiger partial charge in [-0.05, 0) is 6.92 Å². The summed E-state index contributed by atoms with van der Waals surface area (Å²) in [6, 6.07) is 0. The highest BCUT2D eigenvalue weighted by Gasteiger charge is 2.04. The number of aromatic nitrogens is 1. The first kappa shape index (κ1) is 7.69. The van der Waals surface area contributed by atoms with Gasteiger partial charge in [0, 0.05) is 5.38 Å². The molecule has 0 radical (unpaired) electrons. The summed E-state index contributed by atoms with van der Waals surface area (Å²) in [5.41, 5.74) is 1.05. The van der Waals surface area contributed by atoms with E-state index in [1.165, 1.54) is 0 Å². The van der Waals surface area contributed by atoms with Crippen LogP contribution in [0.4, 0.5) is 0 Å². The van der Waals surface area contributed by atoms with Crippen LogP contribution in [0.2, 0.25) is 0 Å². The van der Waals surface area contributed by atoms with Crippen molar-refractivity contribution < 1.29 is 0 Å². The van der Waals surface area contributed by atoms with Gasteiger partial charge < -0.3 is 0 Å². The van der Waals surface area contributed by atoms with Crippen LogP contribution in [0.1, 0.15) is 14.4 Å². The van der Waals surface area contributed by atoms with Crippen LogP contribution in [0.15, 0.2) is 5.38 Å². The Balaban J connectivity index is 2.85. The number of nitrogens with zero attached hydrogens (tertiary/aromatic N) is 1. The van der Waals surface area contributed by atoms with Crippen molar-refractivity contribution in [2.24, 2.45) is 0 Å². The molecule has 0 aliphatic carbocycles. The minimum Gasteiger partial charge on any atom is -0.244 e. The smallest absolute Gasteiger partial charge is 0.112 e. The first-order valence-electron chi connectivity index (χ1n) is 2.40. The molecule has 0 spiro atoms. The van der Waals surface area contributed by atoms with Gasteiger partial charge in [-0.15, -0.1) is 11.3 Å². The Hall–Kier alpha value is 0.590. The highest BCUT2D eigenvalue weighted by atomic mass is 79.9. The lowest BCUT2D eigenvalue weighted by atomic mass is 10.6. The van der Waals surface area contributed by atoms with E-state index in [9.17, 15) is 0 Å². The average molecular weight is 271 g/mol. The molecular weight excluding hydrogens is 266 g/mol. The van der Waals surface area contributed by atoms with E-state index in [4.69, 9.17) is 0 Å². The molecule has 50 valence electrons. The Kier molecular flexibility index (Phi) is 2.67. The fourth-order valence-electron chi connectivity index (χ4n) is 0.480. The lowest BCUT2D eigenvalue weighted by Gasteiger charge is -1.90. The van der Waals surface area contributed by atoms with Crippen LogP contribution in [-0.4, -0.2) is 4.98 Å². The van der Waals surface area contributed by atoms with Gasteiger partial charge in [0.25, 0.3) is 0 Å². The highest BCUT2D eigenvalue weighted by Crippen LogP contribution is 2.29. The summed E-state index contributed by atoms with van der Waals surface area (Å²) in [6.07, 6.45) is 0. The van der Waals surface area contributed by atoms with Crippen molar-refractivity contribution in [1.29, 1.82) is 0 Å². The van der Waals surface area contributed by atoms with E-state index in [0.29, 0.717) is 0 Å². The van der Waals surface area contributed by atoms with E-state index in [2.05, 4.69) is 36.8 Å². The Bertz CT molecular complexity index is 197. The van der Waals surface area contributed by atoms with Crippen LogP contribution < -0.4 is 0 Å². The molecule has 0 atom stereocenters. The third kappa shape index (κ3) is 2.02. The van der Waals surface area contributed by atoms with Gasteiger partial charge >= 0.3 is 0 Å². The summed E-state index contributed by atoms with van der Waals surface area (Å²) >= 11 is 8.37. The van der Waals surface area contributed by atoms with Gasteiger partial charge in [0.2, 0.25) is 0 Å². The second kappa shape index (κ2) is 3.12. The fourth-order valence-corrected chi connectivity index (χ4v) is 1.94. The molecule has 0 saturated carbocycles. The van der Waals surface area contributed by atoms with Crippen LogP contribution in [0.25, 0.3) is 0 Å². The molecular formula is C5H5Br2NS. The average Bonchev–Trinajstić information content (AvgIpc) is 2.14. The summed E-state index contributed by atoms with van der Waals surface area (Å²) in [5.74, 6) is 0. The Labute approximate surface area is 74.8 Å². The molecule has 4 heteroatoms. The first-order chi connectivity index (χ1) is 4.20. The van der Waals surface area contributed by atoms with Crippen molar-refractivity contribution >= 4 is 43.2 Å². The normalized spacial score (nSPS) is 10.7. The van der Waals surface area contributed by atoms with Crippen molar-refractivity contribution in [2.45, 2.75) is 10.7 Å². The van der Waals surface area contributed by atoms with Gasteiger partial charge in [0.1, 0.15) is 3.74 Å². The number of hydrogen-bond donors (Lipinski definition) is 0. The van der Waals surface area contributed by atoms with E-state index < -0.39 is 0 Å². The Morgan fingerprint density at radius 3 is 2.56 bits per heavy atom. The standard InChI is InChI=1S/C5H5Br2NS/c1-3-8-4(2-9-3)5(6)7/h2,5H,1H3.